The van der Waals surface area contributed by atoms with Gasteiger partial charge in [-0.1, -0.05) is 61.7 Å². The summed E-state index contributed by atoms with van der Waals surface area (Å²) in [6.07, 6.45) is 0. The third-order valence-electron chi connectivity index (χ3n) is 1.57. The van der Waals surface area contributed by atoms with E-state index in [9.17, 15) is 0 Å². The van der Waals surface area contributed by atoms with Gasteiger partial charge in [-0.2, -0.15) is 0 Å². The van der Waals surface area contributed by atoms with Crippen molar-refractivity contribution < 1.29 is 0 Å². The van der Waals surface area contributed by atoms with Crippen molar-refractivity contribution in [1.29, 1.82) is 0 Å². The Morgan fingerprint density at radius 1 is 1.27 bits per heavy atom. The van der Waals surface area contributed by atoms with E-state index in [0.29, 0.717) is 4.83 Å². The van der Waals surface area contributed by atoms with Crippen LogP contribution in [0.2, 0.25) is 0 Å². The summed E-state index contributed by atoms with van der Waals surface area (Å²) in [5.41, 5.74) is 2.63. The van der Waals surface area contributed by atoms with Crippen molar-refractivity contribution in [3.05, 3.63) is 35.4 Å². The van der Waals surface area contributed by atoms with Crippen LogP contribution in [0.1, 0.15) is 16.0 Å². The first kappa shape index (κ1) is 9.27. The van der Waals surface area contributed by atoms with Crippen molar-refractivity contribution in [2.45, 2.75) is 11.8 Å². The highest BCUT2D eigenvalue weighted by molar-refractivity contribution is 9.12. The fourth-order valence-electron chi connectivity index (χ4n) is 0.864. The summed E-state index contributed by atoms with van der Waals surface area (Å²) in [5.74, 6) is 0. The van der Waals surface area contributed by atoms with Gasteiger partial charge in [0.15, 0.2) is 0 Å². The summed E-state index contributed by atoms with van der Waals surface area (Å²) >= 11 is 6.99. The molecule has 0 saturated carbocycles. The Labute approximate surface area is 84.3 Å². The third-order valence-corrected chi connectivity index (χ3v) is 3.94. The molecule has 0 aliphatic heterocycles. The summed E-state index contributed by atoms with van der Waals surface area (Å²) in [6.45, 7) is 2.10. The van der Waals surface area contributed by atoms with E-state index in [-0.39, 0.29) is 0 Å². The lowest BCUT2D eigenvalue weighted by Gasteiger charge is -2.05. The summed E-state index contributed by atoms with van der Waals surface area (Å²) in [4.78, 5) is 0.433. The van der Waals surface area contributed by atoms with Gasteiger partial charge in [0, 0.05) is 10.2 Å². The second kappa shape index (κ2) is 4.27. The van der Waals surface area contributed by atoms with Crippen LogP contribution in [0.25, 0.3) is 0 Å². The van der Waals surface area contributed by atoms with Crippen LogP contribution in [0.3, 0.4) is 0 Å². The van der Waals surface area contributed by atoms with Crippen LogP contribution in [0.15, 0.2) is 24.3 Å². The standard InChI is InChI=1S/C9H10Br2/c1-7-2-4-8(5-3-7)9(11)6-10/h2-5,9H,6H2,1H3/t9-/m1/s1. The van der Waals surface area contributed by atoms with Gasteiger partial charge in [-0.25, -0.2) is 0 Å². The van der Waals surface area contributed by atoms with Crippen LogP contribution in [0, 0.1) is 6.92 Å². The molecule has 0 unspecified atom stereocenters. The van der Waals surface area contributed by atoms with Crippen LogP contribution in [0.4, 0.5) is 0 Å². The Bertz CT molecular complexity index is 216. The highest BCUT2D eigenvalue weighted by atomic mass is 79.9. The van der Waals surface area contributed by atoms with Gasteiger partial charge in [0.2, 0.25) is 0 Å². The molecule has 0 radical (unpaired) electrons. The van der Waals surface area contributed by atoms with Gasteiger partial charge < -0.3 is 0 Å². The number of hydrogen-bond acceptors (Lipinski definition) is 0. The molecule has 0 heterocycles. The molecule has 0 aliphatic rings. The minimum Gasteiger partial charge on any atom is -0.0912 e. The first-order valence-corrected chi connectivity index (χ1v) is 5.54. The van der Waals surface area contributed by atoms with E-state index in [1.165, 1.54) is 11.1 Å². The largest absolute Gasteiger partial charge is 0.0912 e. The highest BCUT2D eigenvalue weighted by Gasteiger charge is 2.03. The maximum atomic E-state index is 3.56. The summed E-state index contributed by atoms with van der Waals surface area (Å²) < 4.78 is 0. The monoisotopic (exact) mass is 276 g/mol. The number of benzene rings is 1. The summed E-state index contributed by atoms with van der Waals surface area (Å²) in [7, 11) is 0. The Morgan fingerprint density at radius 3 is 2.27 bits per heavy atom. The molecule has 11 heavy (non-hydrogen) atoms. The molecule has 0 saturated heterocycles. The molecule has 0 aliphatic carbocycles. The molecule has 0 N–H and O–H groups in total. The fraction of sp³-hybridized carbons (Fsp3) is 0.333. The molecule has 0 spiro atoms. The third kappa shape index (κ3) is 2.60. The van der Waals surface area contributed by atoms with Gasteiger partial charge in [-0.15, -0.1) is 0 Å². The second-order valence-corrected chi connectivity index (χ2v) is 4.29. The average Bonchev–Trinajstić information content (AvgIpc) is 2.05. The number of halogens is 2. The lowest BCUT2D eigenvalue weighted by atomic mass is 10.1. The van der Waals surface area contributed by atoms with Crippen LogP contribution in [0.5, 0.6) is 0 Å². The molecule has 0 nitrogen and oxygen atoms in total. The maximum absolute atomic E-state index is 3.56. The predicted molar refractivity (Wildman–Crippen MR) is 56.6 cm³/mol. The van der Waals surface area contributed by atoms with E-state index < -0.39 is 0 Å². The van der Waals surface area contributed by atoms with Crippen LogP contribution < -0.4 is 0 Å². The van der Waals surface area contributed by atoms with Crippen LogP contribution in [-0.4, -0.2) is 5.33 Å². The number of hydrogen-bond donors (Lipinski definition) is 0. The Morgan fingerprint density at radius 2 is 1.82 bits per heavy atom. The zero-order chi connectivity index (χ0) is 8.27. The van der Waals surface area contributed by atoms with Gasteiger partial charge in [0.05, 0.1) is 0 Å². The zero-order valence-electron chi connectivity index (χ0n) is 6.35. The SMILES string of the molecule is Cc1ccc([C@H](Br)CBr)cc1. The molecule has 0 amide bonds. The molecule has 0 fully saturated rings. The fourth-order valence-corrected chi connectivity index (χ4v) is 1.54. The zero-order valence-corrected chi connectivity index (χ0v) is 9.52. The number of aryl methyl sites for hydroxylation is 1. The number of rotatable bonds is 2. The molecule has 60 valence electrons. The Balaban J connectivity index is 2.81. The van der Waals surface area contributed by atoms with Gasteiger partial charge in [0.25, 0.3) is 0 Å². The van der Waals surface area contributed by atoms with E-state index in [0.717, 1.165) is 5.33 Å². The van der Waals surface area contributed by atoms with E-state index in [2.05, 4.69) is 63.0 Å². The topological polar surface area (TPSA) is 0 Å². The molecule has 1 aromatic rings. The highest BCUT2D eigenvalue weighted by Crippen LogP contribution is 2.24. The smallest absolute Gasteiger partial charge is 0.0492 e. The van der Waals surface area contributed by atoms with Crippen molar-refractivity contribution in [1.82, 2.24) is 0 Å². The molecule has 0 bridgehead atoms. The molecule has 2 heteroatoms. The van der Waals surface area contributed by atoms with Crippen LogP contribution in [-0.2, 0) is 0 Å². The minimum atomic E-state index is 0.433. The number of alkyl halides is 2. The molecule has 1 atom stereocenters. The molecule has 1 aromatic carbocycles. The summed E-state index contributed by atoms with van der Waals surface area (Å²) in [6, 6.07) is 8.56. The van der Waals surface area contributed by atoms with E-state index >= 15 is 0 Å². The normalized spacial score (nSPS) is 13.0. The molecule has 0 aromatic heterocycles. The van der Waals surface area contributed by atoms with Crippen LogP contribution >= 0.6 is 31.9 Å². The maximum Gasteiger partial charge on any atom is 0.0492 e. The predicted octanol–water partition coefficient (Wildman–Crippen LogP) is 3.83. The first-order chi connectivity index (χ1) is 5.24. The lowest BCUT2D eigenvalue weighted by Crippen LogP contribution is -1.89. The Hall–Kier alpha value is 0.180. The van der Waals surface area contributed by atoms with Gasteiger partial charge >= 0.3 is 0 Å². The van der Waals surface area contributed by atoms with E-state index in [1.54, 1.807) is 0 Å². The average molecular weight is 278 g/mol. The molecule has 1 rings (SSSR count). The quantitative estimate of drug-likeness (QED) is 0.721. The van der Waals surface area contributed by atoms with Gasteiger partial charge in [0.1, 0.15) is 0 Å². The van der Waals surface area contributed by atoms with Gasteiger partial charge in [-0.05, 0) is 12.5 Å². The van der Waals surface area contributed by atoms with Gasteiger partial charge in [-0.3, -0.25) is 0 Å². The molecular weight excluding hydrogens is 268 g/mol. The van der Waals surface area contributed by atoms with Crippen molar-refractivity contribution in [3.8, 4) is 0 Å². The minimum absolute atomic E-state index is 0.433. The second-order valence-electron chi connectivity index (χ2n) is 2.53. The van der Waals surface area contributed by atoms with Crippen molar-refractivity contribution in [3.63, 3.8) is 0 Å². The summed E-state index contributed by atoms with van der Waals surface area (Å²) in [5, 5.41) is 0.954. The first-order valence-electron chi connectivity index (χ1n) is 3.50. The van der Waals surface area contributed by atoms with Crippen molar-refractivity contribution in [2.24, 2.45) is 0 Å². The molecular formula is C9H10Br2. The van der Waals surface area contributed by atoms with Crippen molar-refractivity contribution in [2.75, 3.05) is 5.33 Å². The van der Waals surface area contributed by atoms with Crippen molar-refractivity contribution >= 4 is 31.9 Å². The lowest BCUT2D eigenvalue weighted by molar-refractivity contribution is 1.15. The Kier molecular flexibility index (Phi) is 3.60. The van der Waals surface area contributed by atoms with E-state index in [1.807, 2.05) is 0 Å². The van der Waals surface area contributed by atoms with E-state index in [4.69, 9.17) is 0 Å².